The molecule has 0 bridgehead atoms. The lowest BCUT2D eigenvalue weighted by Crippen LogP contribution is -2.32. The van der Waals surface area contributed by atoms with E-state index in [1.165, 1.54) is 0 Å². The largest absolute Gasteiger partial charge is 0.444 e. The number of alkyl carbamates (subject to hydrolysis) is 1. The SMILES string of the molecule is CCC(CO)OC(O)COC(=O)NCCC=O. The van der Waals surface area contributed by atoms with Gasteiger partial charge in [0.1, 0.15) is 12.9 Å². The van der Waals surface area contributed by atoms with E-state index in [1.54, 1.807) is 6.92 Å². The lowest BCUT2D eigenvalue weighted by Gasteiger charge is -2.18. The zero-order chi connectivity index (χ0) is 13.1. The molecule has 0 aromatic rings. The molecule has 0 rings (SSSR count). The molecule has 2 unspecified atom stereocenters. The monoisotopic (exact) mass is 249 g/mol. The quantitative estimate of drug-likeness (QED) is 0.286. The van der Waals surface area contributed by atoms with Crippen LogP contribution in [0.15, 0.2) is 0 Å². The molecule has 0 spiro atoms. The first-order valence-corrected chi connectivity index (χ1v) is 5.42. The van der Waals surface area contributed by atoms with Gasteiger partial charge in [0.2, 0.25) is 0 Å². The Morgan fingerprint density at radius 2 is 2.24 bits per heavy atom. The van der Waals surface area contributed by atoms with Gasteiger partial charge in [-0.2, -0.15) is 0 Å². The number of rotatable bonds is 9. The van der Waals surface area contributed by atoms with Crippen molar-refractivity contribution < 1.29 is 29.3 Å². The molecule has 2 atom stereocenters. The van der Waals surface area contributed by atoms with Crippen LogP contribution in [0.25, 0.3) is 0 Å². The Bertz CT molecular complexity index is 219. The first kappa shape index (κ1) is 15.8. The summed E-state index contributed by atoms with van der Waals surface area (Å²) < 4.78 is 9.59. The first-order valence-electron chi connectivity index (χ1n) is 5.42. The number of nitrogens with one attached hydrogen (secondary N) is 1. The second-order valence-electron chi connectivity index (χ2n) is 3.28. The van der Waals surface area contributed by atoms with E-state index in [-0.39, 0.29) is 26.2 Å². The van der Waals surface area contributed by atoms with Gasteiger partial charge in [-0.3, -0.25) is 0 Å². The third-order valence-corrected chi connectivity index (χ3v) is 1.90. The van der Waals surface area contributed by atoms with Crippen LogP contribution < -0.4 is 5.32 Å². The van der Waals surface area contributed by atoms with E-state index in [2.05, 4.69) is 10.1 Å². The molecule has 0 aliphatic carbocycles. The lowest BCUT2D eigenvalue weighted by molar-refractivity contribution is -0.165. The summed E-state index contributed by atoms with van der Waals surface area (Å²) in [5.74, 6) is 0. The summed E-state index contributed by atoms with van der Waals surface area (Å²) in [4.78, 5) is 20.9. The van der Waals surface area contributed by atoms with Crippen LogP contribution in [0, 0.1) is 0 Å². The van der Waals surface area contributed by atoms with E-state index >= 15 is 0 Å². The van der Waals surface area contributed by atoms with E-state index < -0.39 is 18.5 Å². The summed E-state index contributed by atoms with van der Waals surface area (Å²) in [6.45, 7) is 1.44. The molecule has 17 heavy (non-hydrogen) atoms. The summed E-state index contributed by atoms with van der Waals surface area (Å²) in [7, 11) is 0. The Labute approximate surface area is 99.7 Å². The van der Waals surface area contributed by atoms with Gasteiger partial charge < -0.3 is 29.8 Å². The molecule has 0 aliphatic heterocycles. The molecule has 0 fully saturated rings. The summed E-state index contributed by atoms with van der Waals surface area (Å²) in [5.41, 5.74) is 0. The van der Waals surface area contributed by atoms with Gasteiger partial charge in [0, 0.05) is 13.0 Å². The Hall–Kier alpha value is -1.18. The molecule has 100 valence electrons. The van der Waals surface area contributed by atoms with Gasteiger partial charge in [-0.05, 0) is 6.42 Å². The molecule has 0 aromatic carbocycles. The number of carbonyl (C=O) groups excluding carboxylic acids is 2. The smallest absolute Gasteiger partial charge is 0.407 e. The van der Waals surface area contributed by atoms with E-state index in [0.29, 0.717) is 12.7 Å². The minimum absolute atomic E-state index is 0.188. The Morgan fingerprint density at radius 3 is 2.76 bits per heavy atom. The van der Waals surface area contributed by atoms with Gasteiger partial charge in [-0.1, -0.05) is 6.92 Å². The molecule has 0 saturated heterocycles. The van der Waals surface area contributed by atoms with Crippen molar-refractivity contribution >= 4 is 12.4 Å². The van der Waals surface area contributed by atoms with Crippen molar-refractivity contribution in [2.45, 2.75) is 32.2 Å². The minimum atomic E-state index is -1.27. The maximum atomic E-state index is 11.0. The summed E-state index contributed by atoms with van der Waals surface area (Å²) in [6, 6.07) is 0. The zero-order valence-electron chi connectivity index (χ0n) is 9.80. The molecule has 0 aliphatic rings. The molecule has 0 heterocycles. The topological polar surface area (TPSA) is 105 Å². The van der Waals surface area contributed by atoms with E-state index in [4.69, 9.17) is 9.84 Å². The van der Waals surface area contributed by atoms with Crippen molar-refractivity contribution in [3.05, 3.63) is 0 Å². The second kappa shape index (κ2) is 10.0. The molecule has 0 saturated carbocycles. The van der Waals surface area contributed by atoms with Crippen molar-refractivity contribution in [2.75, 3.05) is 19.8 Å². The maximum absolute atomic E-state index is 11.0. The van der Waals surface area contributed by atoms with E-state index in [1.807, 2.05) is 0 Å². The molecule has 0 radical (unpaired) electrons. The third-order valence-electron chi connectivity index (χ3n) is 1.90. The number of ether oxygens (including phenoxy) is 2. The van der Waals surface area contributed by atoms with Gasteiger partial charge in [-0.15, -0.1) is 0 Å². The van der Waals surface area contributed by atoms with Gasteiger partial charge in [0.05, 0.1) is 12.7 Å². The van der Waals surface area contributed by atoms with E-state index in [0.717, 1.165) is 0 Å². The second-order valence-corrected chi connectivity index (χ2v) is 3.28. The normalized spacial score (nSPS) is 13.8. The van der Waals surface area contributed by atoms with Crippen LogP contribution in [-0.4, -0.2) is 54.7 Å². The summed E-state index contributed by atoms with van der Waals surface area (Å²) in [6.07, 6.45) is -1.07. The number of aliphatic hydroxyl groups is 2. The van der Waals surface area contributed by atoms with Crippen molar-refractivity contribution in [3.63, 3.8) is 0 Å². The van der Waals surface area contributed by atoms with Crippen LogP contribution in [-0.2, 0) is 14.3 Å². The predicted octanol–water partition coefficient (Wildman–Crippen LogP) is -0.593. The van der Waals surface area contributed by atoms with Crippen molar-refractivity contribution in [3.8, 4) is 0 Å². The zero-order valence-corrected chi connectivity index (χ0v) is 9.80. The van der Waals surface area contributed by atoms with Crippen LogP contribution in [0.1, 0.15) is 19.8 Å². The average Bonchev–Trinajstić information content (AvgIpc) is 2.33. The summed E-state index contributed by atoms with van der Waals surface area (Å²) >= 11 is 0. The van der Waals surface area contributed by atoms with Gasteiger partial charge in [0.25, 0.3) is 0 Å². The molecule has 7 nitrogen and oxygen atoms in total. The van der Waals surface area contributed by atoms with Gasteiger partial charge in [-0.25, -0.2) is 4.79 Å². The van der Waals surface area contributed by atoms with Crippen LogP contribution in [0.4, 0.5) is 4.79 Å². The minimum Gasteiger partial charge on any atom is -0.444 e. The van der Waals surface area contributed by atoms with Crippen LogP contribution in [0.2, 0.25) is 0 Å². The molecule has 3 N–H and O–H groups in total. The highest BCUT2D eigenvalue weighted by Gasteiger charge is 2.13. The lowest BCUT2D eigenvalue weighted by atomic mass is 10.3. The number of hydrogen-bond donors (Lipinski definition) is 3. The average molecular weight is 249 g/mol. The third kappa shape index (κ3) is 8.61. The van der Waals surface area contributed by atoms with Crippen LogP contribution in [0.5, 0.6) is 0 Å². The Morgan fingerprint density at radius 1 is 1.53 bits per heavy atom. The molecular formula is C10H19NO6. The van der Waals surface area contributed by atoms with Crippen molar-refractivity contribution in [1.29, 1.82) is 0 Å². The number of aliphatic hydroxyl groups excluding tert-OH is 2. The molecular weight excluding hydrogens is 230 g/mol. The number of carbonyl (C=O) groups is 2. The fraction of sp³-hybridized carbons (Fsp3) is 0.800. The number of amides is 1. The van der Waals surface area contributed by atoms with Crippen LogP contribution in [0.3, 0.4) is 0 Å². The van der Waals surface area contributed by atoms with Crippen LogP contribution >= 0.6 is 0 Å². The highest BCUT2D eigenvalue weighted by Crippen LogP contribution is 2.00. The molecule has 0 aromatic heterocycles. The maximum Gasteiger partial charge on any atom is 0.407 e. The van der Waals surface area contributed by atoms with Gasteiger partial charge in [0.15, 0.2) is 6.29 Å². The standard InChI is InChI=1S/C10H19NO6/c1-2-8(6-13)17-9(14)7-16-10(15)11-4-3-5-12/h5,8-9,13-14H,2-4,6-7H2,1H3,(H,11,15). The fourth-order valence-electron chi connectivity index (χ4n) is 0.961. The highest BCUT2D eigenvalue weighted by molar-refractivity contribution is 5.67. The highest BCUT2D eigenvalue weighted by atomic mass is 16.6. The number of aldehydes is 1. The van der Waals surface area contributed by atoms with Crippen molar-refractivity contribution in [1.82, 2.24) is 5.32 Å². The Kier molecular flexibility index (Phi) is 9.31. The summed E-state index contributed by atoms with van der Waals surface area (Å²) in [5, 5.41) is 20.4. The number of hydrogen-bond acceptors (Lipinski definition) is 6. The Balaban J connectivity index is 3.64. The first-order chi connectivity index (χ1) is 8.13. The van der Waals surface area contributed by atoms with Crippen molar-refractivity contribution in [2.24, 2.45) is 0 Å². The fourth-order valence-corrected chi connectivity index (χ4v) is 0.961. The predicted molar refractivity (Wildman–Crippen MR) is 58.3 cm³/mol. The van der Waals surface area contributed by atoms with Gasteiger partial charge >= 0.3 is 6.09 Å². The molecule has 1 amide bonds. The molecule has 7 heteroatoms. The van der Waals surface area contributed by atoms with E-state index in [9.17, 15) is 14.7 Å².